The van der Waals surface area contributed by atoms with Crippen molar-refractivity contribution < 1.29 is 33.1 Å². The van der Waals surface area contributed by atoms with Gasteiger partial charge < -0.3 is 14.5 Å². The molecule has 4 fully saturated rings. The second-order valence-electron chi connectivity index (χ2n) is 17.9. The smallest absolute Gasteiger partial charge is 0.262 e. The van der Waals surface area contributed by atoms with Gasteiger partial charge in [0, 0.05) is 71.9 Å². The number of nitrogens with one attached hydrogen (secondary N) is 1. The van der Waals surface area contributed by atoms with E-state index < -0.39 is 46.3 Å². The summed E-state index contributed by atoms with van der Waals surface area (Å²) in [6.07, 6.45) is 2.97. The molecule has 1 atom stereocenters. The number of fused-ring (bicyclic) bond motifs is 2. The number of carbonyl (C=O) groups is 5. The number of halogens is 2. The number of hydrogen-bond acceptors (Lipinski definition) is 10. The molecule has 15 heteroatoms. The van der Waals surface area contributed by atoms with Gasteiger partial charge in [-0.25, -0.2) is 9.37 Å². The summed E-state index contributed by atoms with van der Waals surface area (Å²) >= 11 is 6.26. The normalized spacial score (nSPS) is 24.9. The largest absolute Gasteiger partial charge is 0.489 e. The molecule has 5 amide bonds. The molecule has 6 aliphatic rings. The fraction of sp³-hybridized carbons (Fsp3) is 0.444. The molecule has 1 aliphatic carbocycles. The van der Waals surface area contributed by atoms with Gasteiger partial charge in [-0.15, -0.1) is 0 Å². The Morgan fingerprint density at radius 2 is 1.63 bits per heavy atom. The second kappa shape index (κ2) is 14.4. The first-order valence-corrected chi connectivity index (χ1v) is 20.7. The fourth-order valence-electron chi connectivity index (χ4n) is 10.7. The van der Waals surface area contributed by atoms with Gasteiger partial charge in [-0.2, -0.15) is 5.26 Å². The third kappa shape index (κ3) is 6.31. The molecule has 1 aromatic heterocycles. The average Bonchev–Trinajstić information content (AvgIpc) is 3.64. The summed E-state index contributed by atoms with van der Waals surface area (Å²) in [5.74, 6) is 3.95. The number of imide groups is 2. The Kier molecular flexibility index (Phi) is 9.52. The van der Waals surface area contributed by atoms with Crippen molar-refractivity contribution in [2.45, 2.75) is 84.2 Å². The second-order valence-corrected chi connectivity index (χ2v) is 18.3. The number of amides is 5. The Morgan fingerprint density at radius 3 is 2.32 bits per heavy atom. The highest BCUT2D eigenvalue weighted by molar-refractivity contribution is 6.31. The lowest BCUT2D eigenvalue weighted by Crippen LogP contribution is -2.74. The molecule has 3 saturated heterocycles. The third-order valence-electron chi connectivity index (χ3n) is 13.4. The number of pyridine rings is 1. The number of nitrogens with zero attached hydrogens (tertiary/aromatic N) is 6. The van der Waals surface area contributed by atoms with Crippen molar-refractivity contribution in [3.05, 3.63) is 86.9 Å². The zero-order valence-corrected chi connectivity index (χ0v) is 34.4. The molecule has 1 saturated carbocycles. The summed E-state index contributed by atoms with van der Waals surface area (Å²) < 4.78 is 22.5. The van der Waals surface area contributed by atoms with Crippen LogP contribution in [0.5, 0.6) is 5.75 Å². The van der Waals surface area contributed by atoms with E-state index in [0.717, 1.165) is 49.6 Å². The zero-order chi connectivity index (χ0) is 42.4. The van der Waals surface area contributed by atoms with Crippen LogP contribution in [0.15, 0.2) is 42.6 Å². The summed E-state index contributed by atoms with van der Waals surface area (Å²) in [4.78, 5) is 75.8. The monoisotopic (exact) mass is 831 g/mol. The number of piperidine rings is 2. The molecule has 3 aromatic rings. The number of aromatic nitrogens is 1. The van der Waals surface area contributed by atoms with E-state index in [0.29, 0.717) is 27.9 Å². The van der Waals surface area contributed by atoms with Crippen molar-refractivity contribution in [3.63, 3.8) is 0 Å². The van der Waals surface area contributed by atoms with E-state index in [1.807, 2.05) is 33.8 Å². The molecule has 60 heavy (non-hydrogen) atoms. The van der Waals surface area contributed by atoms with E-state index in [9.17, 15) is 29.2 Å². The van der Waals surface area contributed by atoms with Crippen LogP contribution in [0.4, 0.5) is 10.1 Å². The minimum Gasteiger partial charge on any atom is -0.489 e. The van der Waals surface area contributed by atoms with Gasteiger partial charge in [0.2, 0.25) is 11.8 Å². The summed E-state index contributed by atoms with van der Waals surface area (Å²) in [5, 5.41) is 11.8. The maximum Gasteiger partial charge on any atom is 0.262 e. The van der Waals surface area contributed by atoms with Crippen molar-refractivity contribution in [1.29, 1.82) is 5.26 Å². The standard InChI is InChI=1S/C45H43ClFN7O6/c1-44(2)42(45(3,4)43(44)60-28-8-6-25(19-48)33(46)18-28)53-23-32-31(39(53)57)20-49-34(37(32)47)10-5-24-13-15-51(16-14-24)27-21-52(22-27)26-7-9-29-30(17-26)41(59)54(40(29)58)35-11-12-36(55)50-38(35)56/h6-9,17-18,20,24,27,35,42-43H,11-16,21-23H2,1-4H3,(H,50,55,56). The van der Waals surface area contributed by atoms with Crippen LogP contribution >= 0.6 is 11.6 Å². The number of carbonyl (C=O) groups excluding carboxylic acids is 5. The summed E-state index contributed by atoms with van der Waals surface area (Å²) in [5.41, 5.74) is 1.33. The molecular formula is C45H43ClFN7O6. The third-order valence-corrected chi connectivity index (χ3v) is 13.7. The van der Waals surface area contributed by atoms with Crippen LogP contribution in [-0.4, -0.2) is 99.6 Å². The predicted molar refractivity (Wildman–Crippen MR) is 216 cm³/mol. The number of benzene rings is 2. The van der Waals surface area contributed by atoms with Crippen LogP contribution in [0.25, 0.3) is 0 Å². The number of ether oxygens (including phenoxy) is 1. The fourth-order valence-corrected chi connectivity index (χ4v) is 10.9. The van der Waals surface area contributed by atoms with E-state index in [-0.39, 0.29) is 65.7 Å². The van der Waals surface area contributed by atoms with Gasteiger partial charge in [-0.3, -0.25) is 39.1 Å². The molecule has 0 radical (unpaired) electrons. The van der Waals surface area contributed by atoms with E-state index in [2.05, 4.69) is 38.0 Å². The van der Waals surface area contributed by atoms with Gasteiger partial charge in [0.05, 0.1) is 33.8 Å². The van der Waals surface area contributed by atoms with Gasteiger partial charge in [-0.05, 0) is 68.6 Å². The zero-order valence-electron chi connectivity index (χ0n) is 33.7. The van der Waals surface area contributed by atoms with Crippen LogP contribution in [0.2, 0.25) is 5.02 Å². The number of rotatable bonds is 6. The van der Waals surface area contributed by atoms with Gasteiger partial charge in [0.1, 0.15) is 29.7 Å². The van der Waals surface area contributed by atoms with Crippen molar-refractivity contribution >= 4 is 46.8 Å². The average molecular weight is 832 g/mol. The van der Waals surface area contributed by atoms with Crippen LogP contribution < -0.4 is 15.0 Å². The summed E-state index contributed by atoms with van der Waals surface area (Å²) in [6.45, 7) is 11.4. The lowest BCUT2D eigenvalue weighted by atomic mass is 9.49. The SMILES string of the molecule is CC1(C)C(Oc2ccc(C#N)c(Cl)c2)C(C)(C)C1N1Cc2c(cnc(C#CC3CCN(C4CN(c5ccc6c(c5)C(=O)N(C5CCC(=O)NC5=O)C6=O)C4)CC3)c2F)C1=O. The number of likely N-dealkylation sites (tertiary alicyclic amines) is 1. The lowest BCUT2D eigenvalue weighted by Gasteiger charge is -2.65. The van der Waals surface area contributed by atoms with Crippen molar-refractivity contribution in [3.8, 4) is 23.7 Å². The highest BCUT2D eigenvalue weighted by Crippen LogP contribution is 2.59. The molecular weight excluding hydrogens is 789 g/mol. The Labute approximate surface area is 351 Å². The van der Waals surface area contributed by atoms with Gasteiger partial charge in [-0.1, -0.05) is 45.2 Å². The van der Waals surface area contributed by atoms with Crippen LogP contribution in [0.3, 0.4) is 0 Å². The highest BCUT2D eigenvalue weighted by Gasteiger charge is 2.67. The molecule has 0 spiro atoms. The first-order valence-electron chi connectivity index (χ1n) is 20.3. The Bertz CT molecular complexity index is 2490. The van der Waals surface area contributed by atoms with E-state index >= 15 is 4.39 Å². The topological polar surface area (TPSA) is 156 Å². The molecule has 1 N–H and O–H groups in total. The molecule has 308 valence electrons. The number of anilines is 1. The minimum atomic E-state index is -1.00. The van der Waals surface area contributed by atoms with Gasteiger partial charge in [0.25, 0.3) is 17.7 Å². The van der Waals surface area contributed by atoms with Crippen LogP contribution in [0, 0.1) is 45.7 Å². The Morgan fingerprint density at radius 1 is 0.917 bits per heavy atom. The van der Waals surface area contributed by atoms with Crippen molar-refractivity contribution in [2.75, 3.05) is 31.1 Å². The molecule has 13 nitrogen and oxygen atoms in total. The van der Waals surface area contributed by atoms with Gasteiger partial charge in [0.15, 0.2) is 5.82 Å². The highest BCUT2D eigenvalue weighted by atomic mass is 35.5. The maximum absolute atomic E-state index is 16.1. The van der Waals surface area contributed by atoms with E-state index in [4.69, 9.17) is 16.3 Å². The molecule has 6 heterocycles. The van der Waals surface area contributed by atoms with Crippen molar-refractivity contribution in [1.82, 2.24) is 25.0 Å². The summed E-state index contributed by atoms with van der Waals surface area (Å²) in [7, 11) is 0. The first-order chi connectivity index (χ1) is 28.6. The number of hydrogen-bond donors (Lipinski definition) is 1. The Balaban J connectivity index is 0.792. The molecule has 5 aliphatic heterocycles. The molecule has 0 bridgehead atoms. The Hall–Kier alpha value is -5.83. The van der Waals surface area contributed by atoms with E-state index in [1.54, 1.807) is 35.2 Å². The molecule has 9 rings (SSSR count). The van der Waals surface area contributed by atoms with Crippen LogP contribution in [0.1, 0.15) is 101 Å². The molecule has 1 unspecified atom stereocenters. The predicted octanol–water partition coefficient (Wildman–Crippen LogP) is 4.94. The number of nitriles is 1. The lowest BCUT2D eigenvalue weighted by molar-refractivity contribution is -0.199. The maximum atomic E-state index is 16.1. The summed E-state index contributed by atoms with van der Waals surface area (Å²) in [6, 6.07) is 11.2. The van der Waals surface area contributed by atoms with Crippen molar-refractivity contribution in [2.24, 2.45) is 16.7 Å². The first kappa shape index (κ1) is 39.6. The van der Waals surface area contributed by atoms with Crippen LogP contribution in [-0.2, 0) is 16.1 Å². The van der Waals surface area contributed by atoms with Gasteiger partial charge >= 0.3 is 0 Å². The van der Waals surface area contributed by atoms with E-state index in [1.165, 1.54) is 6.20 Å². The quantitative estimate of drug-likeness (QED) is 0.267. The molecule has 2 aromatic carbocycles. The minimum absolute atomic E-state index is 0.0428.